The van der Waals surface area contributed by atoms with Crippen molar-refractivity contribution < 1.29 is 59.5 Å². The molecule has 0 amide bonds. The van der Waals surface area contributed by atoms with Crippen molar-refractivity contribution in [1.82, 2.24) is 0 Å². The van der Waals surface area contributed by atoms with Crippen LogP contribution in [0.2, 0.25) is 0 Å². The van der Waals surface area contributed by atoms with Crippen LogP contribution in [0.4, 0.5) is 0 Å². The molecule has 9 heavy (non-hydrogen) atoms. The van der Waals surface area contributed by atoms with Crippen molar-refractivity contribution in [3.63, 3.8) is 0 Å². The summed E-state index contributed by atoms with van der Waals surface area (Å²) >= 11 is 2.83. The molecular formula is Li2O5S2. The summed E-state index contributed by atoms with van der Waals surface area (Å²) in [5.74, 6) is 0. The van der Waals surface area contributed by atoms with Gasteiger partial charge in [-0.15, -0.1) is 0 Å². The zero-order valence-electron chi connectivity index (χ0n) is 4.86. The summed E-state index contributed by atoms with van der Waals surface area (Å²) in [6.07, 6.45) is 0. The predicted molar refractivity (Wildman–Crippen MR) is 18.6 cm³/mol. The van der Waals surface area contributed by atoms with Crippen LogP contribution in [0.3, 0.4) is 0 Å². The maximum Gasteiger partial charge on any atom is 1.00 e. The summed E-state index contributed by atoms with van der Waals surface area (Å²) in [7, 11) is -5.17. The van der Waals surface area contributed by atoms with E-state index in [0.29, 0.717) is 0 Å². The molecule has 0 heterocycles. The molecule has 0 unspecified atom stereocenters. The van der Waals surface area contributed by atoms with Gasteiger partial charge in [0.2, 0.25) is 0 Å². The molecule has 44 valence electrons. The molecule has 0 aliphatic rings. The van der Waals surface area contributed by atoms with Gasteiger partial charge in [-0.1, -0.05) is 0 Å². The summed E-state index contributed by atoms with van der Waals surface area (Å²) in [6.45, 7) is 0. The monoisotopic (exact) mass is 158 g/mol. The quantitative estimate of drug-likeness (QED) is 0.197. The van der Waals surface area contributed by atoms with Crippen molar-refractivity contribution in [2.45, 2.75) is 0 Å². The minimum Gasteiger partial charge on any atom is -0.759 e. The Morgan fingerprint density at radius 2 is 1.00 bits per heavy atom. The van der Waals surface area contributed by atoms with E-state index in [1.54, 1.807) is 0 Å². The van der Waals surface area contributed by atoms with Crippen LogP contribution in [0.1, 0.15) is 0 Å². The second kappa shape index (κ2) is 11.8. The van der Waals surface area contributed by atoms with E-state index in [9.17, 15) is 0 Å². The fraction of sp³-hybridized carbons (Fsp3) is 0. The first-order valence-electron chi connectivity index (χ1n) is 0.833. The van der Waals surface area contributed by atoms with Gasteiger partial charge in [-0.25, -0.2) is 0 Å². The van der Waals surface area contributed by atoms with Crippen molar-refractivity contribution >= 4 is 22.9 Å². The molecule has 9 heteroatoms. The van der Waals surface area contributed by atoms with E-state index >= 15 is 0 Å². The second-order valence-corrected chi connectivity index (χ2v) is 1.22. The van der Waals surface area contributed by atoms with E-state index in [4.69, 9.17) is 21.7 Å². The minimum absolute atomic E-state index is 0. The molecule has 0 aromatic heterocycles. The molecule has 5 nitrogen and oxygen atoms in total. The summed E-state index contributed by atoms with van der Waals surface area (Å²) in [6, 6.07) is 0. The predicted octanol–water partition coefficient (Wildman–Crippen LogP) is -7.67. The van der Waals surface area contributed by atoms with Crippen molar-refractivity contribution in [1.29, 1.82) is 0 Å². The average Bonchev–Trinajstić information content (AvgIpc) is 1.36. The molecule has 0 radical (unpaired) electrons. The van der Waals surface area contributed by atoms with Gasteiger partial charge in [-0.05, 0) is 0 Å². The van der Waals surface area contributed by atoms with Gasteiger partial charge >= 0.3 is 37.7 Å². The molecule has 0 saturated carbocycles. The largest absolute Gasteiger partial charge is 1.00 e. The first-order valence-corrected chi connectivity index (χ1v) is 2.50. The van der Waals surface area contributed by atoms with Crippen molar-refractivity contribution in [3.05, 3.63) is 0 Å². The van der Waals surface area contributed by atoms with Crippen LogP contribution < -0.4 is 37.7 Å². The van der Waals surface area contributed by atoms with Gasteiger partial charge in [0.1, 0.15) is 0 Å². The van der Waals surface area contributed by atoms with Crippen LogP contribution in [-0.2, 0) is 22.9 Å². The van der Waals surface area contributed by atoms with E-state index in [-0.39, 0.29) is 37.7 Å². The Hall–Kier alpha value is 1.08. The maximum absolute atomic E-state index is 8.52. The first kappa shape index (κ1) is 22.5. The molecule has 0 fully saturated rings. The van der Waals surface area contributed by atoms with E-state index in [1.165, 1.54) is 0 Å². The van der Waals surface area contributed by atoms with Gasteiger partial charge in [-0.3, -0.25) is 8.42 Å². The third-order valence-electron chi connectivity index (χ3n) is 0. The average molecular weight is 158 g/mol. The number of rotatable bonds is 0. The summed E-state index contributed by atoms with van der Waals surface area (Å²) < 4.78 is 41.9. The Kier molecular flexibility index (Phi) is 29.6. The van der Waals surface area contributed by atoms with E-state index in [1.807, 2.05) is 0 Å². The van der Waals surface area contributed by atoms with Crippen molar-refractivity contribution in [2.75, 3.05) is 0 Å². The van der Waals surface area contributed by atoms with E-state index in [2.05, 4.69) is 12.5 Å². The number of hydrogen-bond donors (Lipinski definition) is 0. The maximum atomic E-state index is 8.52. The Bertz CT molecular complexity index is 107. The third-order valence-corrected chi connectivity index (χ3v) is 0. The Morgan fingerprint density at radius 3 is 1.00 bits per heavy atom. The van der Waals surface area contributed by atoms with Gasteiger partial charge in [0.25, 0.3) is 0 Å². The fourth-order valence-electron chi connectivity index (χ4n) is 0. The summed E-state index contributed by atoms with van der Waals surface area (Å²) in [5, 5.41) is 0. The molecule has 0 aromatic carbocycles. The molecule has 0 saturated heterocycles. The van der Waals surface area contributed by atoms with Gasteiger partial charge < -0.3 is 9.11 Å². The topological polar surface area (TPSA) is 97.3 Å². The molecule has 0 bridgehead atoms. The molecule has 0 aliphatic heterocycles. The fourth-order valence-corrected chi connectivity index (χ4v) is 0. The normalized spacial score (nSPS) is 6.89. The minimum atomic E-state index is -5.17. The molecule has 0 spiro atoms. The smallest absolute Gasteiger partial charge is 0.759 e. The number of hydrogen-bond acceptors (Lipinski definition) is 6. The zero-order chi connectivity index (χ0) is 6.50. The van der Waals surface area contributed by atoms with Crippen LogP contribution in [0, 0.1) is 0 Å². The summed E-state index contributed by atoms with van der Waals surface area (Å²) in [5.41, 5.74) is 0. The van der Waals surface area contributed by atoms with Gasteiger partial charge in [-0.2, -0.15) is 4.21 Å². The Morgan fingerprint density at radius 1 is 1.00 bits per heavy atom. The van der Waals surface area contributed by atoms with Crippen molar-refractivity contribution in [3.8, 4) is 0 Å². The van der Waals surface area contributed by atoms with E-state index < -0.39 is 10.4 Å². The summed E-state index contributed by atoms with van der Waals surface area (Å²) in [4.78, 5) is 0. The van der Waals surface area contributed by atoms with Crippen LogP contribution in [0.5, 0.6) is 0 Å². The molecule has 0 aromatic rings. The van der Waals surface area contributed by atoms with Crippen LogP contribution >= 0.6 is 0 Å². The molecule has 0 rings (SSSR count). The standard InChI is InChI=1S/2Li.H2O4S.OS/c;;1-5(2,3)4;1-2/h;;(H2,1,2,3,4);/q2*+1;;/p-2. The molecular weight excluding hydrogens is 158 g/mol. The van der Waals surface area contributed by atoms with Crippen LogP contribution in [-0.4, -0.2) is 21.7 Å². The first-order chi connectivity index (χ1) is 3.00. The van der Waals surface area contributed by atoms with Crippen molar-refractivity contribution in [2.24, 2.45) is 0 Å². The second-order valence-electron chi connectivity index (χ2n) is 0.408. The Balaban J connectivity index is -0.0000000286. The third kappa shape index (κ3) is 387. The Labute approximate surface area is 82.0 Å². The molecule has 0 atom stereocenters. The zero-order valence-corrected chi connectivity index (χ0v) is 6.49. The van der Waals surface area contributed by atoms with Crippen LogP contribution in [0.25, 0.3) is 0 Å². The van der Waals surface area contributed by atoms with Gasteiger partial charge in [0.05, 0.1) is 0 Å². The van der Waals surface area contributed by atoms with Gasteiger partial charge in [0.15, 0.2) is 12.5 Å². The SMILES string of the molecule is O=S.O=S(=O)([O-])[O-].[Li+].[Li+]. The van der Waals surface area contributed by atoms with Gasteiger partial charge in [0, 0.05) is 10.4 Å². The molecule has 0 aliphatic carbocycles. The van der Waals surface area contributed by atoms with E-state index in [0.717, 1.165) is 0 Å². The van der Waals surface area contributed by atoms with Crippen LogP contribution in [0.15, 0.2) is 0 Å². The molecule has 0 N–H and O–H groups in total.